The zero-order valence-electron chi connectivity index (χ0n) is 10.5. The van der Waals surface area contributed by atoms with E-state index in [0.717, 1.165) is 22.8 Å². The molecule has 0 radical (unpaired) electrons. The van der Waals surface area contributed by atoms with Crippen molar-refractivity contribution in [3.05, 3.63) is 18.2 Å². The fraction of sp³-hybridized carbons (Fsp3) is 0.462. The van der Waals surface area contributed by atoms with Gasteiger partial charge in [0.25, 0.3) is 0 Å². The lowest BCUT2D eigenvalue weighted by atomic mass is 10.2. The minimum absolute atomic E-state index is 0.439. The Bertz CT molecular complexity index is 452. The van der Waals surface area contributed by atoms with E-state index in [1.54, 1.807) is 11.8 Å². The number of aliphatic carboxylic acids is 1. The molecule has 5 nitrogen and oxygen atoms in total. The van der Waals surface area contributed by atoms with Crippen molar-refractivity contribution in [2.75, 3.05) is 19.0 Å². The van der Waals surface area contributed by atoms with Crippen LogP contribution in [0.5, 0.6) is 11.5 Å². The minimum atomic E-state index is -0.959. The Morgan fingerprint density at radius 2 is 2.11 bits per heavy atom. The molecule has 0 aromatic heterocycles. The SMILES string of the molecule is NC(CCSc1ccc2c(c1)OCCCO2)C(=O)O. The first-order valence-corrected chi connectivity index (χ1v) is 7.16. The predicted molar refractivity (Wildman–Crippen MR) is 73.0 cm³/mol. The summed E-state index contributed by atoms with van der Waals surface area (Å²) in [5.74, 6) is 1.22. The Balaban J connectivity index is 1.91. The molecule has 0 saturated heterocycles. The number of hydrogen-bond donors (Lipinski definition) is 2. The Hall–Kier alpha value is -1.40. The van der Waals surface area contributed by atoms with Crippen molar-refractivity contribution >= 4 is 17.7 Å². The van der Waals surface area contributed by atoms with Crippen LogP contribution in [0.3, 0.4) is 0 Å². The maximum Gasteiger partial charge on any atom is 0.320 e. The zero-order chi connectivity index (χ0) is 13.7. The molecular formula is C13H17NO4S. The van der Waals surface area contributed by atoms with E-state index in [1.165, 1.54) is 0 Å². The summed E-state index contributed by atoms with van der Waals surface area (Å²) >= 11 is 1.57. The summed E-state index contributed by atoms with van der Waals surface area (Å²) in [5, 5.41) is 8.70. The molecule has 1 unspecified atom stereocenters. The highest BCUT2D eigenvalue weighted by atomic mass is 32.2. The molecule has 0 fully saturated rings. The predicted octanol–water partition coefficient (Wildman–Crippen LogP) is 1.74. The van der Waals surface area contributed by atoms with Crippen LogP contribution in [0, 0.1) is 0 Å². The molecule has 0 bridgehead atoms. The average Bonchev–Trinajstić information content (AvgIpc) is 2.63. The fourth-order valence-corrected chi connectivity index (χ4v) is 2.62. The molecule has 0 saturated carbocycles. The highest BCUT2D eigenvalue weighted by Crippen LogP contribution is 2.34. The third-order valence-electron chi connectivity index (χ3n) is 2.73. The monoisotopic (exact) mass is 283 g/mol. The number of benzene rings is 1. The van der Waals surface area contributed by atoms with E-state index >= 15 is 0 Å². The molecule has 104 valence electrons. The lowest BCUT2D eigenvalue weighted by molar-refractivity contribution is -0.138. The molecule has 3 N–H and O–H groups in total. The van der Waals surface area contributed by atoms with Gasteiger partial charge in [0, 0.05) is 17.1 Å². The Labute approximate surface area is 116 Å². The van der Waals surface area contributed by atoms with Crippen molar-refractivity contribution in [3.8, 4) is 11.5 Å². The lowest BCUT2D eigenvalue weighted by Gasteiger charge is -2.10. The van der Waals surface area contributed by atoms with Crippen molar-refractivity contribution in [3.63, 3.8) is 0 Å². The maximum atomic E-state index is 10.6. The van der Waals surface area contributed by atoms with E-state index in [0.29, 0.717) is 25.4 Å². The Morgan fingerprint density at radius 3 is 2.84 bits per heavy atom. The van der Waals surface area contributed by atoms with Crippen LogP contribution in [0.4, 0.5) is 0 Å². The Kier molecular flexibility index (Phi) is 4.93. The van der Waals surface area contributed by atoms with Gasteiger partial charge in [0.15, 0.2) is 11.5 Å². The molecule has 1 aromatic carbocycles. The summed E-state index contributed by atoms with van der Waals surface area (Å²) < 4.78 is 11.1. The fourth-order valence-electron chi connectivity index (χ4n) is 1.66. The zero-order valence-corrected chi connectivity index (χ0v) is 11.3. The van der Waals surface area contributed by atoms with Gasteiger partial charge in [0.2, 0.25) is 0 Å². The lowest BCUT2D eigenvalue weighted by Crippen LogP contribution is -2.30. The van der Waals surface area contributed by atoms with E-state index in [-0.39, 0.29) is 0 Å². The molecule has 1 aliphatic rings. The molecular weight excluding hydrogens is 266 g/mol. The van der Waals surface area contributed by atoms with E-state index < -0.39 is 12.0 Å². The topological polar surface area (TPSA) is 81.8 Å². The van der Waals surface area contributed by atoms with Gasteiger partial charge in [-0.25, -0.2) is 0 Å². The second kappa shape index (κ2) is 6.68. The van der Waals surface area contributed by atoms with E-state index in [2.05, 4.69) is 0 Å². The Morgan fingerprint density at radius 1 is 1.37 bits per heavy atom. The second-order valence-corrected chi connectivity index (χ2v) is 5.41. The quantitative estimate of drug-likeness (QED) is 0.801. The standard InChI is InChI=1S/C13H17NO4S/c14-10(13(15)16)4-7-19-9-2-3-11-12(8-9)18-6-1-5-17-11/h2-3,8,10H,1,4-7,14H2,(H,15,16). The van der Waals surface area contributed by atoms with E-state index in [4.69, 9.17) is 20.3 Å². The van der Waals surface area contributed by atoms with Crippen molar-refractivity contribution in [1.29, 1.82) is 0 Å². The average molecular weight is 283 g/mol. The number of thioether (sulfide) groups is 1. The molecule has 0 aliphatic carbocycles. The van der Waals surface area contributed by atoms with Gasteiger partial charge in [0.05, 0.1) is 13.2 Å². The third kappa shape index (κ3) is 4.04. The number of nitrogens with two attached hydrogens (primary N) is 1. The number of hydrogen-bond acceptors (Lipinski definition) is 5. The van der Waals surface area contributed by atoms with Crippen LogP contribution in [0.2, 0.25) is 0 Å². The molecule has 0 amide bonds. The summed E-state index contributed by atoms with van der Waals surface area (Å²) in [4.78, 5) is 11.6. The van der Waals surface area contributed by atoms with Crippen LogP contribution in [0.15, 0.2) is 23.1 Å². The smallest absolute Gasteiger partial charge is 0.320 e. The summed E-state index contributed by atoms with van der Waals surface area (Å²) in [6.45, 7) is 1.33. The maximum absolute atomic E-state index is 10.6. The van der Waals surface area contributed by atoms with Crippen LogP contribution in [-0.2, 0) is 4.79 Å². The van der Waals surface area contributed by atoms with Gasteiger partial charge < -0.3 is 20.3 Å². The van der Waals surface area contributed by atoms with Gasteiger partial charge in [0.1, 0.15) is 6.04 Å². The van der Waals surface area contributed by atoms with Crippen molar-refractivity contribution in [2.24, 2.45) is 5.73 Å². The minimum Gasteiger partial charge on any atom is -0.490 e. The molecule has 1 aliphatic heterocycles. The van der Waals surface area contributed by atoms with Crippen LogP contribution in [0.25, 0.3) is 0 Å². The largest absolute Gasteiger partial charge is 0.490 e. The molecule has 2 rings (SSSR count). The van der Waals surface area contributed by atoms with Crippen molar-refractivity contribution in [1.82, 2.24) is 0 Å². The number of fused-ring (bicyclic) bond motifs is 1. The number of rotatable bonds is 5. The van der Waals surface area contributed by atoms with Gasteiger partial charge in [-0.05, 0) is 24.6 Å². The van der Waals surface area contributed by atoms with Crippen LogP contribution >= 0.6 is 11.8 Å². The summed E-state index contributed by atoms with van der Waals surface area (Å²) in [5.41, 5.74) is 5.45. The van der Waals surface area contributed by atoms with E-state index in [1.807, 2.05) is 18.2 Å². The van der Waals surface area contributed by atoms with Gasteiger partial charge in [-0.2, -0.15) is 0 Å². The highest BCUT2D eigenvalue weighted by molar-refractivity contribution is 7.99. The third-order valence-corrected chi connectivity index (χ3v) is 3.76. The number of ether oxygens (including phenoxy) is 2. The van der Waals surface area contributed by atoms with Crippen molar-refractivity contribution in [2.45, 2.75) is 23.8 Å². The van der Waals surface area contributed by atoms with Crippen molar-refractivity contribution < 1.29 is 19.4 Å². The van der Waals surface area contributed by atoms with Crippen LogP contribution < -0.4 is 15.2 Å². The molecule has 1 atom stereocenters. The summed E-state index contributed by atoms with van der Waals surface area (Å²) in [7, 11) is 0. The first kappa shape index (κ1) is 14.0. The van der Waals surface area contributed by atoms with Gasteiger partial charge in [-0.15, -0.1) is 11.8 Å². The van der Waals surface area contributed by atoms with E-state index in [9.17, 15) is 4.79 Å². The van der Waals surface area contributed by atoms with Crippen LogP contribution in [-0.4, -0.2) is 36.1 Å². The summed E-state index contributed by atoms with van der Waals surface area (Å²) in [6, 6.07) is 4.97. The molecule has 0 spiro atoms. The normalized spacial score (nSPS) is 15.6. The first-order chi connectivity index (χ1) is 9.16. The second-order valence-electron chi connectivity index (χ2n) is 4.24. The van der Waals surface area contributed by atoms with Crippen LogP contribution in [0.1, 0.15) is 12.8 Å². The van der Waals surface area contributed by atoms with Gasteiger partial charge in [-0.1, -0.05) is 0 Å². The first-order valence-electron chi connectivity index (χ1n) is 6.17. The molecule has 19 heavy (non-hydrogen) atoms. The van der Waals surface area contributed by atoms with Gasteiger partial charge in [-0.3, -0.25) is 4.79 Å². The highest BCUT2D eigenvalue weighted by Gasteiger charge is 2.13. The number of carboxylic acids is 1. The molecule has 6 heteroatoms. The molecule has 1 heterocycles. The molecule has 1 aromatic rings. The van der Waals surface area contributed by atoms with Gasteiger partial charge >= 0.3 is 5.97 Å². The number of carbonyl (C=O) groups is 1. The number of carboxylic acid groups (broad SMARTS) is 1. The summed E-state index contributed by atoms with van der Waals surface area (Å²) in [6.07, 6.45) is 1.32.